The molecule has 1 amide bonds. The molecule has 1 aromatic carbocycles. The summed E-state index contributed by atoms with van der Waals surface area (Å²) in [4.78, 5) is 25.1. The molecule has 0 aromatic heterocycles. The van der Waals surface area contributed by atoms with Gasteiger partial charge in [0, 0.05) is 23.7 Å². The van der Waals surface area contributed by atoms with Crippen LogP contribution < -0.4 is 4.74 Å². The largest absolute Gasteiger partial charge is 0.480 e. The van der Waals surface area contributed by atoms with E-state index in [1.165, 1.54) is 6.42 Å². The SMILES string of the molecule is O=C(O)COc1ccc2c(c1Cl)CN(C1CCCCC1)C2=O. The number of carbonyl (C=O) groups is 2. The Balaban J connectivity index is 1.82. The molecule has 0 bridgehead atoms. The zero-order valence-electron chi connectivity index (χ0n) is 12.2. The fourth-order valence-corrected chi connectivity index (χ4v) is 3.57. The maximum Gasteiger partial charge on any atom is 0.341 e. The molecule has 1 N–H and O–H groups in total. The molecule has 2 aliphatic rings. The van der Waals surface area contributed by atoms with E-state index < -0.39 is 12.6 Å². The van der Waals surface area contributed by atoms with Gasteiger partial charge in [-0.3, -0.25) is 4.79 Å². The molecule has 5 nitrogen and oxygen atoms in total. The first-order valence-electron chi connectivity index (χ1n) is 7.55. The summed E-state index contributed by atoms with van der Waals surface area (Å²) in [6.07, 6.45) is 5.63. The van der Waals surface area contributed by atoms with E-state index in [1.54, 1.807) is 12.1 Å². The van der Waals surface area contributed by atoms with Gasteiger partial charge < -0.3 is 14.7 Å². The van der Waals surface area contributed by atoms with E-state index in [-0.39, 0.29) is 11.9 Å². The van der Waals surface area contributed by atoms with Gasteiger partial charge in [0.1, 0.15) is 5.75 Å². The molecule has 22 heavy (non-hydrogen) atoms. The van der Waals surface area contributed by atoms with Gasteiger partial charge in [0.15, 0.2) is 6.61 Å². The smallest absolute Gasteiger partial charge is 0.341 e. The Hall–Kier alpha value is -1.75. The molecule has 0 radical (unpaired) electrons. The highest BCUT2D eigenvalue weighted by atomic mass is 35.5. The van der Waals surface area contributed by atoms with E-state index in [4.69, 9.17) is 21.4 Å². The van der Waals surface area contributed by atoms with Crippen molar-refractivity contribution < 1.29 is 19.4 Å². The maximum absolute atomic E-state index is 12.6. The molecule has 0 spiro atoms. The number of benzene rings is 1. The zero-order chi connectivity index (χ0) is 15.7. The zero-order valence-corrected chi connectivity index (χ0v) is 12.9. The van der Waals surface area contributed by atoms with Crippen LogP contribution in [0.3, 0.4) is 0 Å². The molecule has 1 aromatic rings. The molecule has 0 atom stereocenters. The first kappa shape index (κ1) is 15.2. The topological polar surface area (TPSA) is 66.8 Å². The van der Waals surface area contributed by atoms with Crippen molar-refractivity contribution in [1.29, 1.82) is 0 Å². The van der Waals surface area contributed by atoms with E-state index >= 15 is 0 Å². The number of rotatable bonds is 4. The summed E-state index contributed by atoms with van der Waals surface area (Å²) in [5.74, 6) is -0.717. The molecule has 6 heteroatoms. The van der Waals surface area contributed by atoms with Crippen molar-refractivity contribution in [3.8, 4) is 5.75 Å². The van der Waals surface area contributed by atoms with Gasteiger partial charge in [0.25, 0.3) is 5.91 Å². The lowest BCUT2D eigenvalue weighted by molar-refractivity contribution is -0.139. The number of carbonyl (C=O) groups excluding carboxylic acids is 1. The second-order valence-corrected chi connectivity index (χ2v) is 6.19. The number of halogens is 1. The molecule has 0 saturated heterocycles. The summed E-state index contributed by atoms with van der Waals surface area (Å²) < 4.78 is 5.18. The van der Waals surface area contributed by atoms with E-state index in [0.717, 1.165) is 31.2 Å². The van der Waals surface area contributed by atoms with E-state index in [2.05, 4.69) is 0 Å². The highest BCUT2D eigenvalue weighted by molar-refractivity contribution is 6.33. The third kappa shape index (κ3) is 2.77. The van der Waals surface area contributed by atoms with Crippen LogP contribution in [0.15, 0.2) is 12.1 Å². The second-order valence-electron chi connectivity index (χ2n) is 5.81. The molecule has 1 aliphatic heterocycles. The van der Waals surface area contributed by atoms with Gasteiger partial charge in [-0.15, -0.1) is 0 Å². The number of carboxylic acids is 1. The molecule has 0 unspecified atom stereocenters. The molecule has 1 fully saturated rings. The van der Waals surface area contributed by atoms with Crippen molar-refractivity contribution in [1.82, 2.24) is 4.90 Å². The number of hydrogen-bond donors (Lipinski definition) is 1. The minimum atomic E-state index is -1.06. The Morgan fingerprint density at radius 3 is 2.73 bits per heavy atom. The standard InChI is InChI=1S/C16H18ClNO4/c17-15-12-8-18(10-4-2-1-3-5-10)16(21)11(12)6-7-13(15)22-9-14(19)20/h6-7,10H,1-5,8-9H2,(H,19,20). The van der Waals surface area contributed by atoms with Crippen LogP contribution in [-0.2, 0) is 11.3 Å². The van der Waals surface area contributed by atoms with Crippen molar-refractivity contribution in [2.24, 2.45) is 0 Å². The average Bonchev–Trinajstić information content (AvgIpc) is 2.85. The Bertz CT molecular complexity index is 610. The van der Waals surface area contributed by atoms with E-state index in [1.807, 2.05) is 4.90 Å². The molecule has 1 saturated carbocycles. The third-order valence-corrected chi connectivity index (χ3v) is 4.81. The van der Waals surface area contributed by atoms with Gasteiger partial charge in [0.05, 0.1) is 5.02 Å². The molecule has 1 heterocycles. The molecular formula is C16H18ClNO4. The Kier molecular flexibility index (Phi) is 4.25. The molecular weight excluding hydrogens is 306 g/mol. The molecule has 3 rings (SSSR count). The van der Waals surface area contributed by atoms with Crippen molar-refractivity contribution in [3.63, 3.8) is 0 Å². The van der Waals surface area contributed by atoms with Crippen molar-refractivity contribution in [2.75, 3.05) is 6.61 Å². The van der Waals surface area contributed by atoms with Crippen LogP contribution in [0.25, 0.3) is 0 Å². The van der Waals surface area contributed by atoms with E-state index in [9.17, 15) is 9.59 Å². The van der Waals surface area contributed by atoms with Crippen molar-refractivity contribution in [3.05, 3.63) is 28.3 Å². The highest BCUT2D eigenvalue weighted by Gasteiger charge is 2.35. The van der Waals surface area contributed by atoms with Crippen molar-refractivity contribution in [2.45, 2.75) is 44.7 Å². The van der Waals surface area contributed by atoms with Crippen LogP contribution in [0.1, 0.15) is 48.0 Å². The van der Waals surface area contributed by atoms with Crippen molar-refractivity contribution >= 4 is 23.5 Å². The summed E-state index contributed by atoms with van der Waals surface area (Å²) >= 11 is 6.31. The fraction of sp³-hybridized carbons (Fsp3) is 0.500. The predicted octanol–water partition coefficient (Wildman–Crippen LogP) is 3.09. The van der Waals surface area contributed by atoms with E-state index in [0.29, 0.717) is 22.9 Å². The number of nitrogens with zero attached hydrogens (tertiary/aromatic N) is 1. The fourth-order valence-electron chi connectivity index (χ4n) is 3.29. The van der Waals surface area contributed by atoms with Gasteiger partial charge in [0.2, 0.25) is 0 Å². The van der Waals surface area contributed by atoms with Crippen LogP contribution in [0.2, 0.25) is 5.02 Å². The molecule has 118 valence electrons. The van der Waals surface area contributed by atoms with Crippen LogP contribution in [0.4, 0.5) is 0 Å². The first-order valence-corrected chi connectivity index (χ1v) is 7.92. The summed E-state index contributed by atoms with van der Waals surface area (Å²) in [5.41, 5.74) is 1.36. The lowest BCUT2D eigenvalue weighted by Crippen LogP contribution is -2.36. The van der Waals surface area contributed by atoms with Crippen LogP contribution in [0, 0.1) is 0 Å². The van der Waals surface area contributed by atoms with Crippen LogP contribution >= 0.6 is 11.6 Å². The Labute approximate surface area is 133 Å². The third-order valence-electron chi connectivity index (χ3n) is 4.39. The summed E-state index contributed by atoms with van der Waals surface area (Å²) in [5, 5.41) is 9.04. The Morgan fingerprint density at radius 2 is 2.05 bits per heavy atom. The average molecular weight is 324 g/mol. The number of ether oxygens (including phenoxy) is 1. The lowest BCUT2D eigenvalue weighted by atomic mass is 9.94. The number of carboxylic acid groups (broad SMARTS) is 1. The Morgan fingerprint density at radius 1 is 1.32 bits per heavy atom. The quantitative estimate of drug-likeness (QED) is 0.924. The van der Waals surface area contributed by atoms with Gasteiger partial charge in [-0.1, -0.05) is 30.9 Å². The lowest BCUT2D eigenvalue weighted by Gasteiger charge is -2.30. The van der Waals surface area contributed by atoms with Gasteiger partial charge in [-0.25, -0.2) is 4.79 Å². The predicted molar refractivity (Wildman–Crippen MR) is 81.3 cm³/mol. The summed E-state index contributed by atoms with van der Waals surface area (Å²) in [6.45, 7) is 0.0424. The monoisotopic (exact) mass is 323 g/mol. The number of hydrogen-bond acceptors (Lipinski definition) is 3. The second kappa shape index (κ2) is 6.16. The van der Waals surface area contributed by atoms with Gasteiger partial charge >= 0.3 is 5.97 Å². The minimum Gasteiger partial charge on any atom is -0.480 e. The number of aliphatic carboxylic acids is 1. The molecule has 1 aliphatic carbocycles. The maximum atomic E-state index is 12.6. The number of amides is 1. The summed E-state index contributed by atoms with van der Waals surface area (Å²) in [6, 6.07) is 3.55. The normalized spacial score (nSPS) is 18.4. The highest BCUT2D eigenvalue weighted by Crippen LogP contribution is 2.38. The van der Waals surface area contributed by atoms with Gasteiger partial charge in [-0.2, -0.15) is 0 Å². The van der Waals surface area contributed by atoms with Crippen LogP contribution in [0.5, 0.6) is 5.75 Å². The first-order chi connectivity index (χ1) is 10.6. The number of fused-ring (bicyclic) bond motifs is 1. The minimum absolute atomic E-state index is 0.0218. The summed E-state index contributed by atoms with van der Waals surface area (Å²) in [7, 11) is 0. The van der Waals surface area contributed by atoms with Gasteiger partial charge in [-0.05, 0) is 25.0 Å². The van der Waals surface area contributed by atoms with Crippen LogP contribution in [-0.4, -0.2) is 34.5 Å².